The molecule has 0 unspecified atom stereocenters. The fraction of sp³-hybridized carbons (Fsp3) is 0.176. The minimum atomic E-state index is -0.535. The van der Waals surface area contributed by atoms with Crippen molar-refractivity contribution >= 4 is 33.2 Å². The molecule has 3 rings (SSSR count). The topological polar surface area (TPSA) is 87.2 Å². The number of benzene rings is 1. The van der Waals surface area contributed by atoms with Crippen LogP contribution in [0.4, 0.5) is 5.69 Å². The summed E-state index contributed by atoms with van der Waals surface area (Å²) in [4.78, 5) is 24.8. The first-order valence-electron chi connectivity index (χ1n) is 7.18. The van der Waals surface area contributed by atoms with Crippen LogP contribution in [-0.4, -0.2) is 16.3 Å². The monoisotopic (exact) mass is 384 g/mol. The van der Waals surface area contributed by atoms with Gasteiger partial charge < -0.3 is 5.32 Å². The van der Waals surface area contributed by atoms with Gasteiger partial charge in [0.2, 0.25) is 0 Å². The number of aromatic nitrogens is 1. The summed E-state index contributed by atoms with van der Waals surface area (Å²) < 4.78 is 1.85. The molecule has 0 saturated carbocycles. The van der Waals surface area contributed by atoms with Gasteiger partial charge in [-0.3, -0.25) is 9.59 Å². The van der Waals surface area contributed by atoms with Crippen molar-refractivity contribution < 1.29 is 4.79 Å². The number of nitrogens with zero attached hydrogens (tertiary/aromatic N) is 3. The summed E-state index contributed by atoms with van der Waals surface area (Å²) >= 11 is 3.48. The summed E-state index contributed by atoms with van der Waals surface area (Å²) in [6.07, 6.45) is 0. The van der Waals surface area contributed by atoms with Gasteiger partial charge in [0, 0.05) is 15.7 Å². The summed E-state index contributed by atoms with van der Waals surface area (Å²) in [6, 6.07) is 7.26. The first-order valence-corrected chi connectivity index (χ1v) is 7.97. The lowest BCUT2D eigenvalue weighted by Crippen LogP contribution is -2.26. The molecule has 2 aromatic rings. The van der Waals surface area contributed by atoms with Crippen LogP contribution in [0, 0.1) is 32.1 Å². The highest BCUT2D eigenvalue weighted by atomic mass is 79.9. The number of fused-ring (bicyclic) bond motifs is 1. The molecule has 2 heterocycles. The van der Waals surface area contributed by atoms with E-state index in [0.717, 1.165) is 14.7 Å². The van der Waals surface area contributed by atoms with Gasteiger partial charge in [0.1, 0.15) is 11.6 Å². The number of carbonyl (C=O) groups excluding carboxylic acids is 1. The molecule has 0 bridgehead atoms. The molecule has 1 aliphatic heterocycles. The van der Waals surface area contributed by atoms with Crippen LogP contribution in [-0.2, 0) is 4.79 Å². The third kappa shape index (κ3) is 2.36. The normalized spacial score (nSPS) is 14.5. The summed E-state index contributed by atoms with van der Waals surface area (Å²) in [7, 11) is 0. The standard InChI is InChI=1S/C17H13BrN4O2/c1-8-4-5-12-13(14(8)18)15(16(23)20-12)21-22-10(3)6-9(2)11(7-19)17(22)24/h4-6H,1-3H3,(H,20,21,23). The SMILES string of the molecule is Cc1ccc2c(c1Br)/C(=N\n1c(C)cc(C)c(C#N)c1=O)C(=O)N2. The molecule has 1 N–H and O–H groups in total. The van der Waals surface area contributed by atoms with Gasteiger partial charge in [-0.2, -0.15) is 15.0 Å². The average molecular weight is 385 g/mol. The van der Waals surface area contributed by atoms with Gasteiger partial charge in [0.15, 0.2) is 5.71 Å². The second-order valence-corrected chi connectivity index (χ2v) is 6.39. The van der Waals surface area contributed by atoms with E-state index in [1.165, 1.54) is 0 Å². The Hall–Kier alpha value is -2.72. The van der Waals surface area contributed by atoms with Gasteiger partial charge >= 0.3 is 0 Å². The van der Waals surface area contributed by atoms with E-state index >= 15 is 0 Å². The predicted octanol–water partition coefficient (Wildman–Crippen LogP) is 2.61. The molecule has 6 nitrogen and oxygen atoms in total. The van der Waals surface area contributed by atoms with Crippen molar-refractivity contribution in [1.29, 1.82) is 5.26 Å². The molecule has 0 saturated heterocycles. The lowest BCUT2D eigenvalue weighted by molar-refractivity contribution is -0.110. The van der Waals surface area contributed by atoms with Gasteiger partial charge in [-0.1, -0.05) is 6.07 Å². The maximum absolute atomic E-state index is 12.5. The first-order chi connectivity index (χ1) is 11.3. The van der Waals surface area contributed by atoms with Crippen LogP contribution >= 0.6 is 15.9 Å². The molecular formula is C17H13BrN4O2. The number of hydrogen-bond donors (Lipinski definition) is 1. The van der Waals surface area contributed by atoms with E-state index in [4.69, 9.17) is 5.26 Å². The van der Waals surface area contributed by atoms with E-state index in [0.29, 0.717) is 22.5 Å². The van der Waals surface area contributed by atoms with Gasteiger partial charge in [-0.25, -0.2) is 0 Å². The molecule has 0 aliphatic carbocycles. The number of pyridine rings is 1. The number of nitrogens with one attached hydrogen (secondary N) is 1. The summed E-state index contributed by atoms with van der Waals surface area (Å²) in [5.74, 6) is -0.387. The first kappa shape index (κ1) is 16.1. The minimum absolute atomic E-state index is 0.0203. The van der Waals surface area contributed by atoms with Crippen molar-refractivity contribution in [1.82, 2.24) is 4.68 Å². The molecular weight excluding hydrogens is 372 g/mol. The zero-order valence-corrected chi connectivity index (χ0v) is 14.9. The van der Waals surface area contributed by atoms with E-state index in [9.17, 15) is 9.59 Å². The second-order valence-electron chi connectivity index (χ2n) is 5.59. The number of halogens is 1. The van der Waals surface area contributed by atoms with Crippen molar-refractivity contribution in [2.75, 3.05) is 5.32 Å². The number of hydrogen-bond acceptors (Lipinski definition) is 4. The number of anilines is 1. The Morgan fingerprint density at radius 2 is 1.92 bits per heavy atom. The molecule has 1 amide bonds. The molecule has 120 valence electrons. The van der Waals surface area contributed by atoms with Gasteiger partial charge in [-0.05, 0) is 60.0 Å². The van der Waals surface area contributed by atoms with Crippen LogP contribution in [0.1, 0.15) is 27.9 Å². The van der Waals surface area contributed by atoms with E-state index in [1.54, 1.807) is 26.0 Å². The Bertz CT molecular complexity index is 1030. The molecule has 0 atom stereocenters. The molecule has 24 heavy (non-hydrogen) atoms. The summed E-state index contributed by atoms with van der Waals surface area (Å²) in [5, 5.41) is 16.2. The number of carbonyl (C=O) groups is 1. The van der Waals surface area contributed by atoms with E-state index in [-0.39, 0.29) is 17.2 Å². The lowest BCUT2D eigenvalue weighted by Gasteiger charge is -2.08. The average Bonchev–Trinajstić information content (AvgIpc) is 2.84. The number of amides is 1. The lowest BCUT2D eigenvalue weighted by atomic mass is 10.1. The zero-order valence-electron chi connectivity index (χ0n) is 13.3. The van der Waals surface area contributed by atoms with Crippen LogP contribution in [0.5, 0.6) is 0 Å². The molecule has 7 heteroatoms. The molecule has 1 aromatic carbocycles. The Morgan fingerprint density at radius 1 is 1.21 bits per heavy atom. The van der Waals surface area contributed by atoms with Crippen molar-refractivity contribution in [2.45, 2.75) is 20.8 Å². The molecule has 1 aliphatic rings. The third-order valence-electron chi connectivity index (χ3n) is 3.91. The zero-order chi connectivity index (χ0) is 17.6. The third-order valence-corrected chi connectivity index (χ3v) is 4.93. The second kappa shape index (κ2) is 5.73. The van der Waals surface area contributed by atoms with Gasteiger partial charge in [0.25, 0.3) is 11.5 Å². The van der Waals surface area contributed by atoms with Crippen LogP contribution in [0.15, 0.2) is 32.6 Å². The van der Waals surface area contributed by atoms with Gasteiger partial charge in [0.05, 0.1) is 5.69 Å². The summed E-state index contributed by atoms with van der Waals surface area (Å²) in [6.45, 7) is 5.31. The highest BCUT2D eigenvalue weighted by Gasteiger charge is 2.29. The minimum Gasteiger partial charge on any atom is -0.320 e. The maximum Gasteiger partial charge on any atom is 0.289 e. The maximum atomic E-state index is 12.5. The molecule has 0 radical (unpaired) electrons. The van der Waals surface area contributed by atoms with E-state index in [2.05, 4.69) is 26.3 Å². The quantitative estimate of drug-likeness (QED) is 0.819. The predicted molar refractivity (Wildman–Crippen MR) is 94.3 cm³/mol. The van der Waals surface area contributed by atoms with E-state index < -0.39 is 5.56 Å². The number of aryl methyl sites for hydroxylation is 3. The molecule has 1 aromatic heterocycles. The van der Waals surface area contributed by atoms with Crippen molar-refractivity contribution in [3.8, 4) is 6.07 Å². The van der Waals surface area contributed by atoms with Crippen LogP contribution < -0.4 is 10.9 Å². The highest BCUT2D eigenvalue weighted by molar-refractivity contribution is 9.10. The van der Waals surface area contributed by atoms with E-state index in [1.807, 2.05) is 19.1 Å². The van der Waals surface area contributed by atoms with Crippen LogP contribution in [0.2, 0.25) is 0 Å². The van der Waals surface area contributed by atoms with Crippen LogP contribution in [0.25, 0.3) is 0 Å². The van der Waals surface area contributed by atoms with Crippen LogP contribution in [0.3, 0.4) is 0 Å². The fourth-order valence-electron chi connectivity index (χ4n) is 2.65. The van der Waals surface area contributed by atoms with Crippen molar-refractivity contribution in [3.05, 3.63) is 61.0 Å². The smallest absolute Gasteiger partial charge is 0.289 e. The Balaban J connectivity index is 2.30. The Morgan fingerprint density at radius 3 is 2.58 bits per heavy atom. The Labute approximate surface area is 146 Å². The highest BCUT2D eigenvalue weighted by Crippen LogP contribution is 2.33. The van der Waals surface area contributed by atoms with Crippen molar-refractivity contribution in [2.24, 2.45) is 5.10 Å². The van der Waals surface area contributed by atoms with Gasteiger partial charge in [-0.15, -0.1) is 0 Å². The number of rotatable bonds is 1. The Kier molecular flexibility index (Phi) is 3.85. The molecule has 0 spiro atoms. The summed E-state index contributed by atoms with van der Waals surface area (Å²) in [5.41, 5.74) is 2.96. The fourth-order valence-corrected chi connectivity index (χ4v) is 3.18. The number of nitriles is 1. The molecule has 0 fully saturated rings. The van der Waals surface area contributed by atoms with Crippen molar-refractivity contribution in [3.63, 3.8) is 0 Å². The largest absolute Gasteiger partial charge is 0.320 e.